The smallest absolute Gasteiger partial charge is 0.0693 e. The quantitative estimate of drug-likeness (QED) is 0.623. The largest absolute Gasteiger partial charge is 0.398 e. The molecular weight excluding hydrogens is 358 g/mol. The van der Waals surface area contributed by atoms with E-state index in [-0.39, 0.29) is 0 Å². The zero-order valence-electron chi connectivity index (χ0n) is 9.13. The molecule has 4 N–H and O–H groups in total. The molecule has 0 aliphatic heterocycles. The van der Waals surface area contributed by atoms with Crippen LogP contribution in [0.1, 0.15) is 0 Å². The van der Waals surface area contributed by atoms with E-state index < -0.39 is 0 Å². The van der Waals surface area contributed by atoms with Crippen molar-refractivity contribution in [3.8, 4) is 0 Å². The number of nitrogens with two attached hydrogens (primary N) is 2. The first kappa shape index (κ1) is 15.4. The highest BCUT2D eigenvalue weighted by atomic mass is 79.9. The molecule has 0 spiro atoms. The van der Waals surface area contributed by atoms with Gasteiger partial charge in [0.1, 0.15) is 0 Å². The minimum absolute atomic E-state index is 0.368. The fourth-order valence-corrected chi connectivity index (χ4v) is 2.13. The highest BCUT2D eigenvalue weighted by Gasteiger charge is 2.01. The standard InChI is InChI=1S/C6H6BrN.C6H4Cl3N/c7-5-3-1-2-4-6(5)8;7-3-1-4(8)6(10)5(9)2-3/h1-4H,8H2;1-2H,10H2. The van der Waals surface area contributed by atoms with Gasteiger partial charge in [-0.1, -0.05) is 46.9 Å². The molecule has 0 aliphatic rings. The van der Waals surface area contributed by atoms with Crippen molar-refractivity contribution in [2.24, 2.45) is 0 Å². The summed E-state index contributed by atoms with van der Waals surface area (Å²) in [6.45, 7) is 0. The van der Waals surface area contributed by atoms with Crippen LogP contribution in [0, 0.1) is 0 Å². The van der Waals surface area contributed by atoms with Crippen LogP contribution in [-0.2, 0) is 0 Å². The lowest BCUT2D eigenvalue weighted by Gasteiger charge is -1.99. The summed E-state index contributed by atoms with van der Waals surface area (Å²) < 4.78 is 0.958. The van der Waals surface area contributed by atoms with E-state index in [9.17, 15) is 0 Å². The summed E-state index contributed by atoms with van der Waals surface area (Å²) in [6.07, 6.45) is 0. The van der Waals surface area contributed by atoms with Gasteiger partial charge in [0.15, 0.2) is 0 Å². The van der Waals surface area contributed by atoms with Gasteiger partial charge in [-0.15, -0.1) is 0 Å². The molecule has 0 saturated carbocycles. The zero-order chi connectivity index (χ0) is 13.7. The van der Waals surface area contributed by atoms with Crippen LogP contribution in [0.4, 0.5) is 11.4 Å². The molecule has 0 bridgehead atoms. The first-order valence-electron chi connectivity index (χ1n) is 4.82. The first-order chi connectivity index (χ1) is 8.41. The molecule has 96 valence electrons. The lowest BCUT2D eigenvalue weighted by atomic mass is 10.3. The van der Waals surface area contributed by atoms with E-state index >= 15 is 0 Å². The van der Waals surface area contributed by atoms with E-state index in [2.05, 4.69) is 15.9 Å². The first-order valence-corrected chi connectivity index (χ1v) is 6.74. The molecule has 0 atom stereocenters. The Morgan fingerprint density at radius 2 is 1.39 bits per heavy atom. The molecule has 2 aromatic carbocycles. The minimum Gasteiger partial charge on any atom is -0.398 e. The third kappa shape index (κ3) is 4.58. The van der Waals surface area contributed by atoms with Crippen LogP contribution in [0.3, 0.4) is 0 Å². The maximum absolute atomic E-state index is 5.63. The van der Waals surface area contributed by atoms with Gasteiger partial charge in [0, 0.05) is 15.2 Å². The van der Waals surface area contributed by atoms with Gasteiger partial charge in [0.05, 0.1) is 15.7 Å². The van der Waals surface area contributed by atoms with Crippen LogP contribution in [0.2, 0.25) is 15.1 Å². The van der Waals surface area contributed by atoms with Gasteiger partial charge in [-0.3, -0.25) is 0 Å². The van der Waals surface area contributed by atoms with Crippen LogP contribution in [-0.4, -0.2) is 0 Å². The number of nitrogen functional groups attached to an aromatic ring is 2. The SMILES string of the molecule is Nc1c(Cl)cc(Cl)cc1Cl.Nc1ccccc1Br. The number of rotatable bonds is 0. The van der Waals surface area contributed by atoms with Gasteiger partial charge < -0.3 is 11.5 Å². The highest BCUT2D eigenvalue weighted by Crippen LogP contribution is 2.30. The Kier molecular flexibility index (Phi) is 6.09. The third-order valence-electron chi connectivity index (χ3n) is 1.95. The van der Waals surface area contributed by atoms with Crippen molar-refractivity contribution in [1.29, 1.82) is 0 Å². The molecule has 2 nitrogen and oxygen atoms in total. The van der Waals surface area contributed by atoms with Gasteiger partial charge in [-0.05, 0) is 40.2 Å². The molecule has 2 aromatic rings. The van der Waals surface area contributed by atoms with Crippen molar-refractivity contribution >= 4 is 62.1 Å². The van der Waals surface area contributed by atoms with Crippen LogP contribution < -0.4 is 11.5 Å². The summed E-state index contributed by atoms with van der Waals surface area (Å²) in [6, 6.07) is 10.7. The Hall–Kier alpha value is -0.610. The Bertz CT molecular complexity index is 503. The van der Waals surface area contributed by atoms with Crippen molar-refractivity contribution < 1.29 is 0 Å². The van der Waals surface area contributed by atoms with Crippen molar-refractivity contribution in [3.05, 3.63) is 55.9 Å². The average molecular weight is 368 g/mol. The van der Waals surface area contributed by atoms with Crippen LogP contribution in [0.15, 0.2) is 40.9 Å². The Labute approximate surface area is 129 Å². The molecule has 6 heteroatoms. The van der Waals surface area contributed by atoms with Gasteiger partial charge in [-0.25, -0.2) is 0 Å². The van der Waals surface area contributed by atoms with Crippen molar-refractivity contribution in [3.63, 3.8) is 0 Å². The molecule has 0 amide bonds. The van der Waals surface area contributed by atoms with Crippen LogP contribution in [0.5, 0.6) is 0 Å². The number of hydrogen-bond donors (Lipinski definition) is 2. The lowest BCUT2D eigenvalue weighted by molar-refractivity contribution is 1.63. The predicted molar refractivity (Wildman–Crippen MR) is 84.4 cm³/mol. The number of anilines is 2. The Morgan fingerprint density at radius 1 is 0.889 bits per heavy atom. The molecule has 0 aliphatic carbocycles. The predicted octanol–water partition coefficient (Wildman–Crippen LogP) is 5.26. The molecule has 0 heterocycles. The lowest BCUT2D eigenvalue weighted by Crippen LogP contribution is -1.86. The number of hydrogen-bond acceptors (Lipinski definition) is 2. The average Bonchev–Trinajstić information content (AvgIpc) is 2.31. The molecule has 0 aromatic heterocycles. The fraction of sp³-hybridized carbons (Fsp3) is 0. The van der Waals surface area contributed by atoms with Crippen molar-refractivity contribution in [1.82, 2.24) is 0 Å². The highest BCUT2D eigenvalue weighted by molar-refractivity contribution is 9.10. The number of para-hydroxylation sites is 1. The molecule has 0 radical (unpaired) electrons. The summed E-state index contributed by atoms with van der Waals surface area (Å²) in [5, 5.41) is 1.26. The maximum Gasteiger partial charge on any atom is 0.0693 e. The van der Waals surface area contributed by atoms with E-state index in [1.54, 1.807) is 12.1 Å². The topological polar surface area (TPSA) is 52.0 Å². The number of halogens is 4. The zero-order valence-corrected chi connectivity index (χ0v) is 13.0. The molecule has 0 unspecified atom stereocenters. The third-order valence-corrected chi connectivity index (χ3v) is 3.51. The van der Waals surface area contributed by atoms with Gasteiger partial charge in [0.2, 0.25) is 0 Å². The molecule has 0 saturated heterocycles. The summed E-state index contributed by atoms with van der Waals surface area (Å²) in [7, 11) is 0. The molecule has 2 rings (SSSR count). The summed E-state index contributed by atoms with van der Waals surface area (Å²) in [4.78, 5) is 0. The molecule has 18 heavy (non-hydrogen) atoms. The van der Waals surface area contributed by atoms with Crippen molar-refractivity contribution in [2.45, 2.75) is 0 Å². The van der Waals surface area contributed by atoms with Gasteiger partial charge in [-0.2, -0.15) is 0 Å². The van der Waals surface area contributed by atoms with Gasteiger partial charge in [0.25, 0.3) is 0 Å². The second kappa shape index (κ2) is 7.10. The van der Waals surface area contributed by atoms with Crippen molar-refractivity contribution in [2.75, 3.05) is 11.5 Å². The second-order valence-corrected chi connectivity index (χ2v) is 5.41. The summed E-state index contributed by atoms with van der Waals surface area (Å²) in [5.74, 6) is 0. The molecule has 0 fully saturated rings. The van der Waals surface area contributed by atoms with Crippen LogP contribution in [0.25, 0.3) is 0 Å². The summed E-state index contributed by atoms with van der Waals surface area (Å²) in [5.41, 5.74) is 12.1. The van der Waals surface area contributed by atoms with Crippen LogP contribution >= 0.6 is 50.7 Å². The van der Waals surface area contributed by atoms with E-state index in [4.69, 9.17) is 46.3 Å². The Morgan fingerprint density at radius 3 is 1.78 bits per heavy atom. The van der Waals surface area contributed by atoms with Gasteiger partial charge >= 0.3 is 0 Å². The van der Waals surface area contributed by atoms with E-state index in [1.165, 1.54) is 0 Å². The normalized spacial score (nSPS) is 9.56. The summed E-state index contributed by atoms with van der Waals surface area (Å²) >= 11 is 20.1. The molecular formula is C12H10BrCl3N2. The maximum atomic E-state index is 5.63. The fourth-order valence-electron chi connectivity index (χ4n) is 1.03. The van der Waals surface area contributed by atoms with E-state index in [0.717, 1.165) is 10.2 Å². The Balaban J connectivity index is 0.000000184. The monoisotopic (exact) mass is 366 g/mol. The van der Waals surface area contributed by atoms with E-state index in [0.29, 0.717) is 20.8 Å². The number of benzene rings is 2. The van der Waals surface area contributed by atoms with E-state index in [1.807, 2.05) is 24.3 Å². The second-order valence-electron chi connectivity index (χ2n) is 3.30. The minimum atomic E-state index is 0.368.